The number of aromatic nitrogens is 3. The van der Waals surface area contributed by atoms with Gasteiger partial charge in [0, 0.05) is 13.3 Å². The number of nitrogens with zero attached hydrogens (tertiary/aromatic N) is 3. The fraction of sp³-hybridized carbons (Fsp3) is 0.273. The summed E-state index contributed by atoms with van der Waals surface area (Å²) >= 11 is 0. The summed E-state index contributed by atoms with van der Waals surface area (Å²) in [5.41, 5.74) is 0.806. The molecule has 2 rings (SSSR count). The molecule has 0 unspecified atom stereocenters. The second-order valence-corrected chi connectivity index (χ2v) is 3.47. The molecule has 0 aromatic carbocycles. The normalized spacial score (nSPS) is 10.5. The van der Waals surface area contributed by atoms with Crippen molar-refractivity contribution in [3.63, 3.8) is 0 Å². The van der Waals surface area contributed by atoms with Crippen LogP contribution in [0.4, 0.5) is 15.9 Å². The third kappa shape index (κ3) is 3.25. The first kappa shape index (κ1) is 11.5. The van der Waals surface area contributed by atoms with E-state index >= 15 is 0 Å². The molecule has 0 aliphatic rings. The zero-order valence-electron chi connectivity index (χ0n) is 9.43. The van der Waals surface area contributed by atoms with Gasteiger partial charge in [0.25, 0.3) is 0 Å². The molecule has 90 valence electrons. The minimum atomic E-state index is -0.355. The zero-order valence-corrected chi connectivity index (χ0v) is 9.43. The van der Waals surface area contributed by atoms with Gasteiger partial charge < -0.3 is 10.1 Å². The molecule has 5 nitrogen and oxygen atoms in total. The van der Waals surface area contributed by atoms with Crippen molar-refractivity contribution in [3.05, 3.63) is 36.5 Å². The van der Waals surface area contributed by atoms with Crippen LogP contribution in [0.15, 0.2) is 30.7 Å². The Bertz CT molecular complexity index is 469. The lowest BCUT2D eigenvalue weighted by atomic mass is 10.4. The van der Waals surface area contributed by atoms with E-state index < -0.39 is 0 Å². The maximum atomic E-state index is 12.6. The van der Waals surface area contributed by atoms with Gasteiger partial charge in [0.15, 0.2) is 0 Å². The number of anilines is 2. The largest absolute Gasteiger partial charge is 0.383 e. The zero-order chi connectivity index (χ0) is 12.1. The first-order valence-corrected chi connectivity index (χ1v) is 5.18. The molecule has 2 heterocycles. The van der Waals surface area contributed by atoms with Crippen LogP contribution in [0.5, 0.6) is 0 Å². The van der Waals surface area contributed by atoms with E-state index in [4.69, 9.17) is 4.74 Å². The van der Waals surface area contributed by atoms with Crippen LogP contribution in [0.3, 0.4) is 0 Å². The number of ether oxygens (including phenoxy) is 1. The smallest absolute Gasteiger partial charge is 0.141 e. The number of hydrogen-bond donors (Lipinski definition) is 1. The molecule has 0 saturated carbocycles. The molecule has 1 N–H and O–H groups in total. The second-order valence-electron chi connectivity index (χ2n) is 3.47. The molecule has 0 spiro atoms. The quantitative estimate of drug-likeness (QED) is 0.860. The van der Waals surface area contributed by atoms with Crippen LogP contribution in [0.1, 0.15) is 0 Å². The van der Waals surface area contributed by atoms with E-state index in [0.29, 0.717) is 19.0 Å². The molecule has 0 aliphatic carbocycles. The fourth-order valence-corrected chi connectivity index (χ4v) is 1.33. The summed E-state index contributed by atoms with van der Waals surface area (Å²) in [5, 5.41) is 7.17. The third-order valence-corrected chi connectivity index (χ3v) is 2.16. The van der Waals surface area contributed by atoms with Crippen LogP contribution in [0.25, 0.3) is 0 Å². The molecule has 0 fully saturated rings. The van der Waals surface area contributed by atoms with Crippen molar-refractivity contribution in [1.82, 2.24) is 14.8 Å². The Morgan fingerprint density at radius 2 is 2.29 bits per heavy atom. The number of pyridine rings is 1. The molecule has 0 amide bonds. The van der Waals surface area contributed by atoms with Crippen molar-refractivity contribution in [1.29, 1.82) is 0 Å². The average molecular weight is 236 g/mol. The van der Waals surface area contributed by atoms with Gasteiger partial charge >= 0.3 is 0 Å². The number of nitrogens with one attached hydrogen (secondary N) is 1. The lowest BCUT2D eigenvalue weighted by Gasteiger charge is -2.01. The van der Waals surface area contributed by atoms with Gasteiger partial charge in [-0.15, -0.1) is 0 Å². The number of methoxy groups -OCH3 is 1. The standard InChI is InChI=1S/C11H13FN4O/c1-17-5-4-16-8-10(7-14-16)15-11-3-2-9(12)6-13-11/h2-3,6-8H,4-5H2,1H3,(H,13,15). The lowest BCUT2D eigenvalue weighted by molar-refractivity contribution is 0.183. The highest BCUT2D eigenvalue weighted by molar-refractivity contribution is 5.53. The Labute approximate surface area is 98.2 Å². The van der Waals surface area contributed by atoms with Gasteiger partial charge in [-0.1, -0.05) is 0 Å². The van der Waals surface area contributed by atoms with Gasteiger partial charge in [-0.25, -0.2) is 9.37 Å². The van der Waals surface area contributed by atoms with Crippen LogP contribution >= 0.6 is 0 Å². The minimum absolute atomic E-state index is 0.355. The molecule has 2 aromatic heterocycles. The monoisotopic (exact) mass is 236 g/mol. The molecule has 0 atom stereocenters. The van der Waals surface area contributed by atoms with Gasteiger partial charge in [0.05, 0.1) is 31.2 Å². The Kier molecular flexibility index (Phi) is 3.66. The SMILES string of the molecule is COCCn1cc(Nc2ccc(F)cn2)cn1. The first-order valence-electron chi connectivity index (χ1n) is 5.18. The molecular formula is C11H13FN4O. The maximum Gasteiger partial charge on any atom is 0.141 e. The van der Waals surface area contributed by atoms with Crippen molar-refractivity contribution in [2.45, 2.75) is 6.54 Å². The van der Waals surface area contributed by atoms with Crippen molar-refractivity contribution < 1.29 is 9.13 Å². The van der Waals surface area contributed by atoms with Gasteiger partial charge in [-0.2, -0.15) is 5.10 Å². The molecule has 6 heteroatoms. The van der Waals surface area contributed by atoms with Gasteiger partial charge in [0.2, 0.25) is 0 Å². The second kappa shape index (κ2) is 5.40. The van der Waals surface area contributed by atoms with E-state index in [-0.39, 0.29) is 5.82 Å². The van der Waals surface area contributed by atoms with Crippen molar-refractivity contribution in [3.8, 4) is 0 Å². The topological polar surface area (TPSA) is 52.0 Å². The molecule has 0 aliphatic heterocycles. The fourth-order valence-electron chi connectivity index (χ4n) is 1.33. The van der Waals surface area contributed by atoms with Crippen LogP contribution in [0, 0.1) is 5.82 Å². The minimum Gasteiger partial charge on any atom is -0.383 e. The summed E-state index contributed by atoms with van der Waals surface area (Å²) in [5.74, 6) is 0.226. The van der Waals surface area contributed by atoms with E-state index in [9.17, 15) is 4.39 Å². The summed E-state index contributed by atoms with van der Waals surface area (Å²) in [6.07, 6.45) is 4.68. The van der Waals surface area contributed by atoms with Crippen molar-refractivity contribution >= 4 is 11.5 Å². The van der Waals surface area contributed by atoms with Gasteiger partial charge in [-0.05, 0) is 12.1 Å². The van der Waals surface area contributed by atoms with Crippen LogP contribution in [0.2, 0.25) is 0 Å². The molecular weight excluding hydrogens is 223 g/mol. The Morgan fingerprint density at radius 3 is 3.00 bits per heavy atom. The third-order valence-electron chi connectivity index (χ3n) is 2.16. The molecule has 0 saturated heterocycles. The van der Waals surface area contributed by atoms with E-state index in [2.05, 4.69) is 15.4 Å². The average Bonchev–Trinajstić information content (AvgIpc) is 2.77. The highest BCUT2D eigenvalue weighted by Crippen LogP contribution is 2.13. The Hall–Kier alpha value is -1.95. The summed E-state index contributed by atoms with van der Waals surface area (Å²) in [6.45, 7) is 1.30. The van der Waals surface area contributed by atoms with Crippen molar-refractivity contribution in [2.75, 3.05) is 19.0 Å². The summed E-state index contributed by atoms with van der Waals surface area (Å²) in [6, 6.07) is 2.92. The predicted molar refractivity (Wildman–Crippen MR) is 61.6 cm³/mol. The van der Waals surface area contributed by atoms with Crippen LogP contribution in [-0.4, -0.2) is 28.5 Å². The van der Waals surface area contributed by atoms with E-state index in [1.165, 1.54) is 6.07 Å². The van der Waals surface area contributed by atoms with Crippen LogP contribution < -0.4 is 5.32 Å². The highest BCUT2D eigenvalue weighted by Gasteiger charge is 2.00. The lowest BCUT2D eigenvalue weighted by Crippen LogP contribution is -2.03. The van der Waals surface area contributed by atoms with Gasteiger partial charge in [-0.3, -0.25) is 4.68 Å². The van der Waals surface area contributed by atoms with E-state index in [1.54, 1.807) is 24.1 Å². The molecule has 0 bridgehead atoms. The highest BCUT2D eigenvalue weighted by atomic mass is 19.1. The summed E-state index contributed by atoms with van der Waals surface area (Å²) in [7, 11) is 1.64. The van der Waals surface area contributed by atoms with E-state index in [0.717, 1.165) is 11.9 Å². The predicted octanol–water partition coefficient (Wildman–Crippen LogP) is 1.81. The summed E-state index contributed by atoms with van der Waals surface area (Å²) in [4.78, 5) is 3.90. The Morgan fingerprint density at radius 1 is 1.41 bits per heavy atom. The Balaban J connectivity index is 1.98. The van der Waals surface area contributed by atoms with Gasteiger partial charge in [0.1, 0.15) is 11.6 Å². The number of rotatable bonds is 5. The number of halogens is 1. The van der Waals surface area contributed by atoms with Crippen molar-refractivity contribution in [2.24, 2.45) is 0 Å². The molecule has 2 aromatic rings. The molecule has 17 heavy (non-hydrogen) atoms. The molecule has 0 radical (unpaired) electrons. The summed E-state index contributed by atoms with van der Waals surface area (Å²) < 4.78 is 19.4. The number of hydrogen-bond acceptors (Lipinski definition) is 4. The maximum absolute atomic E-state index is 12.6. The first-order chi connectivity index (χ1) is 8.28. The van der Waals surface area contributed by atoms with Crippen LogP contribution in [-0.2, 0) is 11.3 Å². The van der Waals surface area contributed by atoms with E-state index in [1.807, 2.05) is 6.20 Å².